The number of hydrogen-bond acceptors (Lipinski definition) is 5. The molecule has 19 heavy (non-hydrogen) atoms. The lowest BCUT2D eigenvalue weighted by Crippen LogP contribution is -2.30. The van der Waals surface area contributed by atoms with E-state index in [0.29, 0.717) is 5.82 Å². The first-order valence-corrected chi connectivity index (χ1v) is 5.48. The van der Waals surface area contributed by atoms with Crippen LogP contribution in [0.5, 0.6) is 0 Å². The first kappa shape index (κ1) is 12.6. The van der Waals surface area contributed by atoms with Gasteiger partial charge in [0.25, 0.3) is 0 Å². The first-order chi connectivity index (χ1) is 9.15. The molecule has 2 aromatic rings. The number of rotatable bonds is 2. The van der Waals surface area contributed by atoms with Gasteiger partial charge in [0, 0.05) is 18.1 Å². The summed E-state index contributed by atoms with van der Waals surface area (Å²) < 4.78 is 0. The van der Waals surface area contributed by atoms with Crippen molar-refractivity contribution < 1.29 is 9.59 Å². The number of nitrogens with zero attached hydrogens (tertiary/aromatic N) is 3. The Morgan fingerprint density at radius 2 is 1.68 bits per heavy atom. The van der Waals surface area contributed by atoms with Crippen molar-refractivity contribution >= 4 is 23.6 Å². The van der Waals surface area contributed by atoms with Crippen LogP contribution in [-0.4, -0.2) is 26.8 Å². The molecule has 2 rings (SSSR count). The molecule has 7 heteroatoms. The van der Waals surface area contributed by atoms with Gasteiger partial charge in [0.1, 0.15) is 5.82 Å². The van der Waals surface area contributed by atoms with Crippen molar-refractivity contribution in [2.75, 3.05) is 10.6 Å². The van der Waals surface area contributed by atoms with Crippen LogP contribution >= 0.6 is 0 Å². The lowest BCUT2D eigenvalue weighted by Gasteiger charge is -2.05. The van der Waals surface area contributed by atoms with E-state index in [4.69, 9.17) is 0 Å². The van der Waals surface area contributed by atoms with Gasteiger partial charge < -0.3 is 5.32 Å². The molecule has 0 saturated heterocycles. The SMILES string of the molecule is Cc1cccc(NC(=O)C(=O)Nc2ncccn2)n1. The van der Waals surface area contributed by atoms with E-state index in [2.05, 4.69) is 25.6 Å². The third kappa shape index (κ3) is 3.56. The van der Waals surface area contributed by atoms with Gasteiger partial charge in [-0.3, -0.25) is 14.9 Å². The van der Waals surface area contributed by atoms with Crippen LogP contribution in [-0.2, 0) is 9.59 Å². The smallest absolute Gasteiger partial charge is 0.302 e. The summed E-state index contributed by atoms with van der Waals surface area (Å²) in [4.78, 5) is 34.8. The molecule has 2 heterocycles. The van der Waals surface area contributed by atoms with Crippen LogP contribution < -0.4 is 10.6 Å². The second-order valence-electron chi connectivity index (χ2n) is 3.64. The monoisotopic (exact) mass is 257 g/mol. The van der Waals surface area contributed by atoms with Crippen molar-refractivity contribution in [2.24, 2.45) is 0 Å². The van der Waals surface area contributed by atoms with Gasteiger partial charge in [-0.05, 0) is 25.1 Å². The van der Waals surface area contributed by atoms with Crippen molar-refractivity contribution in [1.29, 1.82) is 0 Å². The topological polar surface area (TPSA) is 96.9 Å². The van der Waals surface area contributed by atoms with E-state index in [-0.39, 0.29) is 5.95 Å². The van der Waals surface area contributed by atoms with E-state index in [9.17, 15) is 9.59 Å². The van der Waals surface area contributed by atoms with E-state index < -0.39 is 11.8 Å². The number of amides is 2. The van der Waals surface area contributed by atoms with Gasteiger partial charge in [0.05, 0.1) is 0 Å². The highest BCUT2D eigenvalue weighted by Gasteiger charge is 2.15. The van der Waals surface area contributed by atoms with Crippen molar-refractivity contribution in [3.63, 3.8) is 0 Å². The van der Waals surface area contributed by atoms with Gasteiger partial charge in [0.15, 0.2) is 0 Å². The Balaban J connectivity index is 1.98. The summed E-state index contributed by atoms with van der Waals surface area (Å²) in [6.45, 7) is 1.79. The molecular weight excluding hydrogens is 246 g/mol. The summed E-state index contributed by atoms with van der Waals surface area (Å²) in [6.07, 6.45) is 2.92. The maximum absolute atomic E-state index is 11.6. The van der Waals surface area contributed by atoms with Crippen molar-refractivity contribution in [2.45, 2.75) is 6.92 Å². The number of pyridine rings is 1. The van der Waals surface area contributed by atoms with Crippen molar-refractivity contribution in [3.8, 4) is 0 Å². The second-order valence-corrected chi connectivity index (χ2v) is 3.64. The molecule has 2 N–H and O–H groups in total. The van der Waals surface area contributed by atoms with Crippen LogP contribution in [0.4, 0.5) is 11.8 Å². The number of hydrogen-bond donors (Lipinski definition) is 2. The summed E-state index contributed by atoms with van der Waals surface area (Å²) in [5, 5.41) is 4.66. The van der Waals surface area contributed by atoms with E-state index >= 15 is 0 Å². The molecule has 0 aliphatic rings. The Morgan fingerprint density at radius 3 is 2.37 bits per heavy atom. The summed E-state index contributed by atoms with van der Waals surface area (Å²) in [5.41, 5.74) is 0.740. The standard InChI is InChI=1S/C12H11N5O2/c1-8-4-2-5-9(15-8)16-10(18)11(19)17-12-13-6-3-7-14-12/h2-7H,1H3,(H,15,16,18)(H,13,14,17,19). The summed E-state index contributed by atoms with van der Waals surface area (Å²) >= 11 is 0. The molecule has 96 valence electrons. The fraction of sp³-hybridized carbons (Fsp3) is 0.0833. The van der Waals surface area contributed by atoms with Crippen LogP contribution in [0.15, 0.2) is 36.7 Å². The molecular formula is C12H11N5O2. The summed E-state index contributed by atoms with van der Waals surface area (Å²) in [7, 11) is 0. The van der Waals surface area contributed by atoms with E-state index in [1.165, 1.54) is 12.4 Å². The lowest BCUT2D eigenvalue weighted by atomic mass is 10.3. The molecule has 7 nitrogen and oxygen atoms in total. The summed E-state index contributed by atoms with van der Waals surface area (Å²) in [5.74, 6) is -1.30. The second kappa shape index (κ2) is 5.67. The molecule has 0 bridgehead atoms. The van der Waals surface area contributed by atoms with Gasteiger partial charge in [-0.15, -0.1) is 0 Å². The highest BCUT2D eigenvalue weighted by molar-refractivity contribution is 6.43. The minimum Gasteiger partial charge on any atom is -0.302 e. The molecule has 2 amide bonds. The van der Waals surface area contributed by atoms with Crippen molar-refractivity contribution in [3.05, 3.63) is 42.4 Å². The molecule has 0 spiro atoms. The van der Waals surface area contributed by atoms with E-state index in [0.717, 1.165) is 5.69 Å². The average molecular weight is 257 g/mol. The fourth-order valence-corrected chi connectivity index (χ4v) is 1.31. The Morgan fingerprint density at radius 1 is 1.00 bits per heavy atom. The van der Waals surface area contributed by atoms with Crippen LogP contribution in [0.25, 0.3) is 0 Å². The number of anilines is 2. The molecule has 0 saturated carbocycles. The third-order valence-corrected chi connectivity index (χ3v) is 2.13. The van der Waals surface area contributed by atoms with Gasteiger partial charge in [-0.25, -0.2) is 15.0 Å². The minimum absolute atomic E-state index is 0.0693. The molecule has 0 unspecified atom stereocenters. The van der Waals surface area contributed by atoms with Gasteiger partial charge >= 0.3 is 11.8 Å². The van der Waals surface area contributed by atoms with Gasteiger partial charge in [-0.2, -0.15) is 0 Å². The molecule has 0 fully saturated rings. The molecule has 2 aromatic heterocycles. The number of nitrogens with one attached hydrogen (secondary N) is 2. The Hall–Kier alpha value is -2.83. The van der Waals surface area contributed by atoms with Gasteiger partial charge in [-0.1, -0.05) is 6.07 Å². The zero-order valence-corrected chi connectivity index (χ0v) is 10.1. The number of carbonyl (C=O) groups excluding carboxylic acids is 2. The third-order valence-electron chi connectivity index (χ3n) is 2.13. The van der Waals surface area contributed by atoms with Crippen LogP contribution in [0.1, 0.15) is 5.69 Å². The zero-order valence-electron chi connectivity index (χ0n) is 10.1. The summed E-state index contributed by atoms with van der Waals surface area (Å²) in [6, 6.07) is 6.72. The number of aromatic nitrogens is 3. The number of carbonyl (C=O) groups is 2. The largest absolute Gasteiger partial charge is 0.316 e. The Bertz CT molecular complexity index is 600. The predicted molar refractivity (Wildman–Crippen MR) is 68.3 cm³/mol. The fourth-order valence-electron chi connectivity index (χ4n) is 1.31. The normalized spacial score (nSPS) is 9.74. The van der Waals surface area contributed by atoms with Gasteiger partial charge in [0.2, 0.25) is 5.95 Å². The van der Waals surface area contributed by atoms with E-state index in [1.54, 1.807) is 31.2 Å². The van der Waals surface area contributed by atoms with Crippen LogP contribution in [0, 0.1) is 6.92 Å². The van der Waals surface area contributed by atoms with Crippen LogP contribution in [0.3, 0.4) is 0 Å². The lowest BCUT2D eigenvalue weighted by molar-refractivity contribution is -0.133. The number of aryl methyl sites for hydroxylation is 1. The molecule has 0 aliphatic carbocycles. The first-order valence-electron chi connectivity index (χ1n) is 5.48. The average Bonchev–Trinajstić information content (AvgIpc) is 2.40. The van der Waals surface area contributed by atoms with Crippen LogP contribution in [0.2, 0.25) is 0 Å². The minimum atomic E-state index is -0.852. The zero-order chi connectivity index (χ0) is 13.7. The molecule has 0 aliphatic heterocycles. The van der Waals surface area contributed by atoms with Crippen molar-refractivity contribution in [1.82, 2.24) is 15.0 Å². The predicted octanol–water partition coefficient (Wildman–Crippen LogP) is 0.757. The molecule has 0 atom stereocenters. The quantitative estimate of drug-likeness (QED) is 0.774. The maximum atomic E-state index is 11.6. The highest BCUT2D eigenvalue weighted by atomic mass is 16.2. The Kier molecular flexibility index (Phi) is 3.77. The highest BCUT2D eigenvalue weighted by Crippen LogP contribution is 2.04. The molecule has 0 aromatic carbocycles. The Labute approximate surface area is 109 Å². The maximum Gasteiger partial charge on any atom is 0.316 e. The molecule has 0 radical (unpaired) electrons. The van der Waals surface area contributed by atoms with E-state index in [1.807, 2.05) is 0 Å².